The summed E-state index contributed by atoms with van der Waals surface area (Å²) in [6.45, 7) is 5.11. The monoisotopic (exact) mass is 296 g/mol. The third-order valence-corrected chi connectivity index (χ3v) is 4.24. The van der Waals surface area contributed by atoms with Gasteiger partial charge in [-0.1, -0.05) is 12.1 Å². The Kier molecular flexibility index (Phi) is 5.17. The summed E-state index contributed by atoms with van der Waals surface area (Å²) < 4.78 is 2.29. The number of aryl methyl sites for hydroxylation is 2. The highest BCUT2D eigenvalue weighted by Crippen LogP contribution is 2.26. The molecule has 0 amide bonds. The average Bonchev–Trinajstić information content (AvgIpc) is 2.75. The second-order valence-corrected chi connectivity index (χ2v) is 6.52. The summed E-state index contributed by atoms with van der Waals surface area (Å²) in [5, 5.41) is -0.0487. The molecule has 2 rings (SSSR count). The topological polar surface area (TPSA) is 17.8 Å². The minimum absolute atomic E-state index is 0.0487. The number of fused-ring (bicyclic) bond motifs is 1. The van der Waals surface area contributed by atoms with Crippen molar-refractivity contribution in [1.82, 2.24) is 9.55 Å². The van der Waals surface area contributed by atoms with Crippen LogP contribution in [0.1, 0.15) is 36.5 Å². The maximum Gasteiger partial charge on any atom is 0.127 e. The van der Waals surface area contributed by atoms with E-state index in [0.29, 0.717) is 0 Å². The van der Waals surface area contributed by atoms with Crippen LogP contribution in [0.5, 0.6) is 0 Å². The van der Waals surface area contributed by atoms with Gasteiger partial charge >= 0.3 is 0 Å². The van der Waals surface area contributed by atoms with E-state index in [0.717, 1.165) is 17.9 Å². The number of alkyl halides is 1. The highest BCUT2D eigenvalue weighted by atomic mass is 35.5. The molecular formula is C15H21ClN2S. The van der Waals surface area contributed by atoms with Crippen LogP contribution in [0.25, 0.3) is 11.0 Å². The molecule has 1 atom stereocenters. The van der Waals surface area contributed by atoms with Crippen LogP contribution in [0.4, 0.5) is 0 Å². The quantitative estimate of drug-likeness (QED) is 0.563. The van der Waals surface area contributed by atoms with E-state index in [1.54, 1.807) is 0 Å². The lowest BCUT2D eigenvalue weighted by molar-refractivity contribution is 0.619. The van der Waals surface area contributed by atoms with Gasteiger partial charge in [0.25, 0.3) is 0 Å². The zero-order valence-electron chi connectivity index (χ0n) is 11.8. The number of para-hydroxylation sites is 1. The van der Waals surface area contributed by atoms with Gasteiger partial charge < -0.3 is 4.57 Å². The van der Waals surface area contributed by atoms with Crippen LogP contribution in [0.2, 0.25) is 0 Å². The van der Waals surface area contributed by atoms with Gasteiger partial charge in [0.1, 0.15) is 5.82 Å². The summed E-state index contributed by atoms with van der Waals surface area (Å²) in [7, 11) is 0. The van der Waals surface area contributed by atoms with Crippen LogP contribution >= 0.6 is 23.4 Å². The zero-order valence-corrected chi connectivity index (χ0v) is 13.4. The molecule has 19 heavy (non-hydrogen) atoms. The lowest BCUT2D eigenvalue weighted by atomic mass is 10.2. The molecule has 0 aliphatic rings. The third-order valence-electron chi connectivity index (χ3n) is 3.35. The van der Waals surface area contributed by atoms with E-state index < -0.39 is 0 Å². The molecule has 1 aromatic carbocycles. The second-order valence-electron chi connectivity index (χ2n) is 4.88. The van der Waals surface area contributed by atoms with E-state index in [9.17, 15) is 0 Å². The number of benzene rings is 1. The molecule has 0 saturated heterocycles. The van der Waals surface area contributed by atoms with Gasteiger partial charge in [-0.3, -0.25) is 0 Å². The van der Waals surface area contributed by atoms with Gasteiger partial charge in [-0.25, -0.2) is 4.98 Å². The molecule has 1 unspecified atom stereocenters. The maximum absolute atomic E-state index is 6.28. The first kappa shape index (κ1) is 14.7. The molecule has 1 aromatic heterocycles. The summed E-state index contributed by atoms with van der Waals surface area (Å²) in [4.78, 5) is 4.74. The number of unbranched alkanes of at least 4 members (excludes halogenated alkanes) is 1. The number of imidazole rings is 1. The molecule has 0 radical (unpaired) electrons. The van der Waals surface area contributed by atoms with E-state index in [4.69, 9.17) is 16.6 Å². The van der Waals surface area contributed by atoms with E-state index >= 15 is 0 Å². The van der Waals surface area contributed by atoms with Crippen molar-refractivity contribution in [2.24, 2.45) is 0 Å². The van der Waals surface area contributed by atoms with E-state index in [2.05, 4.69) is 35.9 Å². The summed E-state index contributed by atoms with van der Waals surface area (Å²) >= 11 is 8.19. The van der Waals surface area contributed by atoms with Crippen molar-refractivity contribution in [3.05, 3.63) is 29.6 Å². The van der Waals surface area contributed by atoms with Crippen LogP contribution in [0, 0.1) is 6.92 Å². The normalized spacial score (nSPS) is 13.1. The first-order valence-electron chi connectivity index (χ1n) is 6.74. The van der Waals surface area contributed by atoms with Crippen molar-refractivity contribution >= 4 is 34.4 Å². The van der Waals surface area contributed by atoms with Gasteiger partial charge in [0.05, 0.1) is 16.4 Å². The molecule has 2 nitrogen and oxygen atoms in total. The molecule has 0 aliphatic carbocycles. The third kappa shape index (κ3) is 3.26. The van der Waals surface area contributed by atoms with Crippen molar-refractivity contribution in [2.75, 3.05) is 12.0 Å². The lowest BCUT2D eigenvalue weighted by Gasteiger charge is -2.10. The first-order chi connectivity index (χ1) is 9.15. The average molecular weight is 297 g/mol. The van der Waals surface area contributed by atoms with Gasteiger partial charge in [0.15, 0.2) is 0 Å². The SMILES string of the molecule is CSCCCCn1c(C(C)Cl)nc2c(C)cccc21. The fraction of sp³-hybridized carbons (Fsp3) is 0.533. The molecule has 1 heterocycles. The largest absolute Gasteiger partial charge is 0.327 e. The highest BCUT2D eigenvalue weighted by Gasteiger charge is 2.15. The minimum Gasteiger partial charge on any atom is -0.327 e. The van der Waals surface area contributed by atoms with Crippen LogP contribution in [0.3, 0.4) is 0 Å². The molecule has 104 valence electrons. The number of hydrogen-bond donors (Lipinski definition) is 0. The van der Waals surface area contributed by atoms with Gasteiger partial charge in [-0.2, -0.15) is 11.8 Å². The van der Waals surface area contributed by atoms with Crippen LogP contribution in [-0.4, -0.2) is 21.6 Å². The van der Waals surface area contributed by atoms with Gasteiger partial charge in [-0.15, -0.1) is 11.6 Å². The minimum atomic E-state index is -0.0487. The standard InChI is InChI=1S/C15H21ClN2S/c1-11-7-6-8-13-14(11)17-15(12(2)16)18(13)9-4-5-10-19-3/h6-8,12H,4-5,9-10H2,1-3H3. The number of thioether (sulfide) groups is 1. The number of hydrogen-bond acceptors (Lipinski definition) is 2. The number of aromatic nitrogens is 2. The van der Waals surface area contributed by atoms with Crippen LogP contribution in [0.15, 0.2) is 18.2 Å². The van der Waals surface area contributed by atoms with Crippen molar-refractivity contribution < 1.29 is 0 Å². The smallest absolute Gasteiger partial charge is 0.127 e. The Balaban J connectivity index is 2.33. The van der Waals surface area contributed by atoms with Crippen molar-refractivity contribution in [1.29, 1.82) is 0 Å². The Hall–Kier alpha value is -0.670. The van der Waals surface area contributed by atoms with Gasteiger partial charge in [0, 0.05) is 6.54 Å². The molecule has 4 heteroatoms. The fourth-order valence-electron chi connectivity index (χ4n) is 2.36. The molecule has 2 aromatic rings. The Morgan fingerprint density at radius 3 is 2.84 bits per heavy atom. The van der Waals surface area contributed by atoms with Crippen molar-refractivity contribution in [2.45, 2.75) is 38.6 Å². The maximum atomic E-state index is 6.28. The molecule has 0 fully saturated rings. The molecule has 0 spiro atoms. The first-order valence-corrected chi connectivity index (χ1v) is 8.57. The predicted octanol–water partition coefficient (Wildman–Crippen LogP) is 4.79. The molecule has 0 aliphatic heterocycles. The van der Waals surface area contributed by atoms with Crippen LogP contribution < -0.4 is 0 Å². The molecule has 0 saturated carbocycles. The Morgan fingerprint density at radius 2 is 2.16 bits per heavy atom. The second kappa shape index (κ2) is 6.67. The van der Waals surface area contributed by atoms with Gasteiger partial charge in [-0.05, 0) is 50.3 Å². The van der Waals surface area contributed by atoms with Crippen molar-refractivity contribution in [3.8, 4) is 0 Å². The van der Waals surface area contributed by atoms with E-state index in [1.807, 2.05) is 18.7 Å². The summed E-state index contributed by atoms with van der Waals surface area (Å²) in [5.74, 6) is 2.22. The summed E-state index contributed by atoms with van der Waals surface area (Å²) in [6, 6.07) is 6.35. The number of halogens is 1. The number of nitrogens with zero attached hydrogens (tertiary/aromatic N) is 2. The molecule has 0 bridgehead atoms. The van der Waals surface area contributed by atoms with E-state index in [1.165, 1.54) is 29.7 Å². The molecular weight excluding hydrogens is 276 g/mol. The zero-order chi connectivity index (χ0) is 13.8. The van der Waals surface area contributed by atoms with Crippen LogP contribution in [-0.2, 0) is 6.54 Å². The van der Waals surface area contributed by atoms with E-state index in [-0.39, 0.29) is 5.38 Å². The predicted molar refractivity (Wildman–Crippen MR) is 86.4 cm³/mol. The molecule has 0 N–H and O–H groups in total. The van der Waals surface area contributed by atoms with Crippen molar-refractivity contribution in [3.63, 3.8) is 0 Å². The lowest BCUT2D eigenvalue weighted by Crippen LogP contribution is -2.05. The fourth-order valence-corrected chi connectivity index (χ4v) is 3.02. The summed E-state index contributed by atoms with van der Waals surface area (Å²) in [6.07, 6.45) is 4.57. The van der Waals surface area contributed by atoms with Gasteiger partial charge in [0.2, 0.25) is 0 Å². The Bertz CT molecular complexity index is 548. The highest BCUT2D eigenvalue weighted by molar-refractivity contribution is 7.98. The Labute approximate surface area is 124 Å². The Morgan fingerprint density at radius 1 is 1.37 bits per heavy atom. The summed E-state index contributed by atoms with van der Waals surface area (Å²) in [5.41, 5.74) is 3.53. The number of rotatable bonds is 6.